The third kappa shape index (κ3) is 4.02. The molecule has 2 saturated heterocycles. The van der Waals surface area contributed by atoms with Gasteiger partial charge in [-0.2, -0.15) is 0 Å². The Morgan fingerprint density at radius 1 is 1.09 bits per heavy atom. The van der Waals surface area contributed by atoms with Gasteiger partial charge in [-0.1, -0.05) is 19.8 Å². The monoisotopic (exact) mass is 307 g/mol. The third-order valence-electron chi connectivity index (χ3n) is 6.14. The van der Waals surface area contributed by atoms with E-state index in [0.29, 0.717) is 17.7 Å². The first kappa shape index (κ1) is 16.3. The Labute approximate surface area is 135 Å². The lowest BCUT2D eigenvalue weighted by Crippen LogP contribution is -2.51. The molecule has 4 nitrogen and oxygen atoms in total. The van der Waals surface area contributed by atoms with Crippen molar-refractivity contribution >= 4 is 5.91 Å². The van der Waals surface area contributed by atoms with Crippen molar-refractivity contribution in [3.05, 3.63) is 0 Å². The van der Waals surface area contributed by atoms with Gasteiger partial charge < -0.3 is 10.2 Å². The fourth-order valence-corrected chi connectivity index (χ4v) is 4.54. The zero-order valence-corrected chi connectivity index (χ0v) is 14.2. The van der Waals surface area contributed by atoms with Crippen LogP contribution in [-0.2, 0) is 4.79 Å². The Bertz CT molecular complexity index is 353. The summed E-state index contributed by atoms with van der Waals surface area (Å²) in [4.78, 5) is 17.3. The topological polar surface area (TPSA) is 35.6 Å². The van der Waals surface area contributed by atoms with Crippen molar-refractivity contribution < 1.29 is 4.79 Å². The molecule has 126 valence electrons. The van der Waals surface area contributed by atoms with E-state index < -0.39 is 0 Å². The van der Waals surface area contributed by atoms with E-state index in [4.69, 9.17) is 0 Å². The predicted octanol–water partition coefficient (Wildman–Crippen LogP) is 2.10. The Balaban J connectivity index is 1.41. The van der Waals surface area contributed by atoms with Gasteiger partial charge in [0.25, 0.3) is 0 Å². The summed E-state index contributed by atoms with van der Waals surface area (Å²) in [7, 11) is 0. The number of nitrogens with one attached hydrogen (secondary N) is 1. The molecule has 2 heterocycles. The summed E-state index contributed by atoms with van der Waals surface area (Å²) >= 11 is 0. The molecule has 1 amide bonds. The van der Waals surface area contributed by atoms with Crippen molar-refractivity contribution in [1.29, 1.82) is 0 Å². The maximum atomic E-state index is 12.6. The van der Waals surface area contributed by atoms with Crippen molar-refractivity contribution in [2.24, 2.45) is 11.8 Å². The van der Waals surface area contributed by atoms with Crippen LogP contribution in [0.5, 0.6) is 0 Å². The highest BCUT2D eigenvalue weighted by Gasteiger charge is 2.29. The van der Waals surface area contributed by atoms with Gasteiger partial charge in [-0.05, 0) is 50.6 Å². The highest BCUT2D eigenvalue weighted by Crippen LogP contribution is 2.26. The predicted molar refractivity (Wildman–Crippen MR) is 89.8 cm³/mol. The average Bonchev–Trinajstić information content (AvgIpc) is 3.10. The normalized spacial score (nSPS) is 29.7. The van der Waals surface area contributed by atoms with Crippen molar-refractivity contribution in [2.45, 2.75) is 57.9 Å². The van der Waals surface area contributed by atoms with Crippen LogP contribution in [0.1, 0.15) is 51.9 Å². The molecule has 1 saturated carbocycles. The van der Waals surface area contributed by atoms with Crippen LogP contribution < -0.4 is 5.32 Å². The standard InChI is InChI=1S/C18H33N3O/c1-15(16-5-4-8-19-14-16)13-18(22)21-11-9-20(10-12-21)17-6-2-3-7-17/h15-17,19H,2-14H2,1H3. The average molecular weight is 307 g/mol. The van der Waals surface area contributed by atoms with Crippen LogP contribution in [0.3, 0.4) is 0 Å². The molecule has 3 fully saturated rings. The molecule has 0 spiro atoms. The highest BCUT2D eigenvalue weighted by atomic mass is 16.2. The zero-order valence-electron chi connectivity index (χ0n) is 14.2. The zero-order chi connectivity index (χ0) is 15.4. The summed E-state index contributed by atoms with van der Waals surface area (Å²) in [6, 6.07) is 0.810. The molecule has 2 aliphatic heterocycles. The van der Waals surface area contributed by atoms with Crippen molar-refractivity contribution in [1.82, 2.24) is 15.1 Å². The van der Waals surface area contributed by atoms with E-state index in [-0.39, 0.29) is 0 Å². The molecule has 0 aromatic rings. The van der Waals surface area contributed by atoms with Gasteiger partial charge in [-0.25, -0.2) is 0 Å². The summed E-state index contributed by atoms with van der Waals surface area (Å²) < 4.78 is 0. The molecular weight excluding hydrogens is 274 g/mol. The van der Waals surface area contributed by atoms with Gasteiger partial charge in [0.2, 0.25) is 5.91 Å². The molecule has 22 heavy (non-hydrogen) atoms. The number of nitrogens with zero attached hydrogens (tertiary/aromatic N) is 2. The van der Waals surface area contributed by atoms with Crippen LogP contribution in [0.25, 0.3) is 0 Å². The maximum Gasteiger partial charge on any atom is 0.222 e. The summed E-state index contributed by atoms with van der Waals surface area (Å²) in [6.07, 6.45) is 8.85. The van der Waals surface area contributed by atoms with E-state index in [1.807, 2.05) is 0 Å². The van der Waals surface area contributed by atoms with Crippen LogP contribution in [0, 0.1) is 11.8 Å². The van der Waals surface area contributed by atoms with Crippen molar-refractivity contribution in [3.8, 4) is 0 Å². The molecule has 0 aromatic heterocycles. The molecule has 4 heteroatoms. The van der Waals surface area contributed by atoms with E-state index in [0.717, 1.165) is 51.7 Å². The lowest BCUT2D eigenvalue weighted by Gasteiger charge is -2.39. The molecule has 0 bridgehead atoms. The molecule has 3 aliphatic rings. The lowest BCUT2D eigenvalue weighted by atomic mass is 9.85. The Kier molecular flexibility index (Phi) is 5.75. The van der Waals surface area contributed by atoms with Gasteiger partial charge in [-0.15, -0.1) is 0 Å². The number of carbonyl (C=O) groups is 1. The number of rotatable bonds is 4. The fraction of sp³-hybridized carbons (Fsp3) is 0.944. The van der Waals surface area contributed by atoms with E-state index in [1.165, 1.54) is 38.5 Å². The minimum absolute atomic E-state index is 0.393. The first-order valence-corrected chi connectivity index (χ1v) is 9.46. The van der Waals surface area contributed by atoms with Gasteiger partial charge >= 0.3 is 0 Å². The van der Waals surface area contributed by atoms with Gasteiger partial charge in [0.1, 0.15) is 0 Å². The summed E-state index contributed by atoms with van der Waals surface area (Å²) in [5.74, 6) is 1.61. The number of piperidine rings is 1. The Morgan fingerprint density at radius 3 is 2.45 bits per heavy atom. The summed E-state index contributed by atoms with van der Waals surface area (Å²) in [5.41, 5.74) is 0. The van der Waals surface area contributed by atoms with Gasteiger partial charge in [0.05, 0.1) is 0 Å². The third-order valence-corrected chi connectivity index (χ3v) is 6.14. The number of piperazine rings is 1. The van der Waals surface area contributed by atoms with E-state index in [1.54, 1.807) is 0 Å². The van der Waals surface area contributed by atoms with E-state index >= 15 is 0 Å². The second-order valence-corrected chi connectivity index (χ2v) is 7.64. The molecule has 2 unspecified atom stereocenters. The van der Waals surface area contributed by atoms with Crippen molar-refractivity contribution in [3.63, 3.8) is 0 Å². The molecule has 2 atom stereocenters. The SMILES string of the molecule is CC(CC(=O)N1CCN(C2CCCC2)CC1)C1CCCNC1. The molecule has 3 rings (SSSR count). The second-order valence-electron chi connectivity index (χ2n) is 7.64. The van der Waals surface area contributed by atoms with Crippen LogP contribution >= 0.6 is 0 Å². The second kappa shape index (κ2) is 7.78. The Morgan fingerprint density at radius 2 is 1.82 bits per heavy atom. The molecule has 0 aromatic carbocycles. The Hall–Kier alpha value is -0.610. The molecule has 1 N–H and O–H groups in total. The number of hydrogen-bond acceptors (Lipinski definition) is 3. The lowest BCUT2D eigenvalue weighted by molar-refractivity contribution is -0.134. The van der Waals surface area contributed by atoms with Crippen LogP contribution in [0.4, 0.5) is 0 Å². The first-order valence-electron chi connectivity index (χ1n) is 9.46. The summed E-state index contributed by atoms with van der Waals surface area (Å²) in [5, 5.41) is 3.47. The number of hydrogen-bond donors (Lipinski definition) is 1. The van der Waals surface area contributed by atoms with E-state index in [2.05, 4.69) is 22.0 Å². The minimum atomic E-state index is 0.393. The van der Waals surface area contributed by atoms with Crippen LogP contribution in [-0.4, -0.2) is 61.0 Å². The van der Waals surface area contributed by atoms with E-state index in [9.17, 15) is 4.79 Å². The largest absolute Gasteiger partial charge is 0.340 e. The van der Waals surface area contributed by atoms with Crippen molar-refractivity contribution in [2.75, 3.05) is 39.3 Å². The number of carbonyl (C=O) groups excluding carboxylic acids is 1. The molecule has 1 aliphatic carbocycles. The minimum Gasteiger partial charge on any atom is -0.340 e. The van der Waals surface area contributed by atoms with Gasteiger partial charge in [0.15, 0.2) is 0 Å². The quantitative estimate of drug-likeness (QED) is 0.864. The molecular formula is C18H33N3O. The van der Waals surface area contributed by atoms with Gasteiger partial charge in [-0.3, -0.25) is 9.69 Å². The maximum absolute atomic E-state index is 12.6. The van der Waals surface area contributed by atoms with Gasteiger partial charge in [0, 0.05) is 38.6 Å². The molecule has 0 radical (unpaired) electrons. The summed E-state index contributed by atoms with van der Waals surface area (Å²) in [6.45, 7) is 8.61. The number of amides is 1. The van der Waals surface area contributed by atoms with Crippen LogP contribution in [0.2, 0.25) is 0 Å². The fourth-order valence-electron chi connectivity index (χ4n) is 4.54. The highest BCUT2D eigenvalue weighted by molar-refractivity contribution is 5.76. The smallest absolute Gasteiger partial charge is 0.222 e. The van der Waals surface area contributed by atoms with Crippen LogP contribution in [0.15, 0.2) is 0 Å². The first-order chi connectivity index (χ1) is 10.7.